The molecule has 0 saturated heterocycles. The molecule has 4 heteroatoms. The number of hydrogen-bond acceptors (Lipinski definition) is 3. The van der Waals surface area contributed by atoms with Gasteiger partial charge in [0.15, 0.2) is 11.6 Å². The van der Waals surface area contributed by atoms with E-state index in [4.69, 9.17) is 10.5 Å². The molecule has 0 radical (unpaired) electrons. The van der Waals surface area contributed by atoms with Crippen LogP contribution in [0.5, 0.6) is 11.5 Å². The van der Waals surface area contributed by atoms with E-state index in [0.717, 1.165) is 11.1 Å². The highest BCUT2D eigenvalue weighted by Gasteiger charge is 2.10. The van der Waals surface area contributed by atoms with Crippen molar-refractivity contribution in [1.82, 2.24) is 4.98 Å². The van der Waals surface area contributed by atoms with Gasteiger partial charge in [0.2, 0.25) is 0 Å². The summed E-state index contributed by atoms with van der Waals surface area (Å²) < 4.78 is 19.5. The summed E-state index contributed by atoms with van der Waals surface area (Å²) in [7, 11) is 0. The molecule has 0 bridgehead atoms. The second-order valence-corrected chi connectivity index (χ2v) is 4.53. The van der Waals surface area contributed by atoms with E-state index in [9.17, 15) is 4.39 Å². The van der Waals surface area contributed by atoms with Crippen LogP contribution in [0.3, 0.4) is 0 Å². The molecule has 104 valence electrons. The summed E-state index contributed by atoms with van der Waals surface area (Å²) in [5.74, 6) is 0.179. The van der Waals surface area contributed by atoms with Crippen molar-refractivity contribution < 1.29 is 9.13 Å². The van der Waals surface area contributed by atoms with Crippen molar-refractivity contribution >= 4 is 5.69 Å². The fourth-order valence-electron chi connectivity index (χ4n) is 2.02. The van der Waals surface area contributed by atoms with Crippen molar-refractivity contribution in [2.45, 2.75) is 0 Å². The van der Waals surface area contributed by atoms with Crippen LogP contribution in [0.2, 0.25) is 0 Å². The van der Waals surface area contributed by atoms with E-state index in [1.54, 1.807) is 24.5 Å². The lowest BCUT2D eigenvalue weighted by molar-refractivity contribution is 0.443. The van der Waals surface area contributed by atoms with E-state index in [2.05, 4.69) is 4.98 Å². The topological polar surface area (TPSA) is 48.1 Å². The number of halogens is 1. The SMILES string of the molecule is Nc1ccc(Oc2ccncc2-c2ccccc2)c(F)c1. The summed E-state index contributed by atoms with van der Waals surface area (Å²) >= 11 is 0. The lowest BCUT2D eigenvalue weighted by Gasteiger charge is -2.11. The first kappa shape index (κ1) is 13.1. The van der Waals surface area contributed by atoms with Crippen LogP contribution in [0.1, 0.15) is 0 Å². The maximum atomic E-state index is 13.8. The monoisotopic (exact) mass is 280 g/mol. The lowest BCUT2D eigenvalue weighted by Crippen LogP contribution is -1.93. The van der Waals surface area contributed by atoms with Gasteiger partial charge in [0.05, 0.1) is 0 Å². The summed E-state index contributed by atoms with van der Waals surface area (Å²) in [6, 6.07) is 15.7. The minimum atomic E-state index is -0.495. The number of nitrogens with zero attached hydrogens (tertiary/aromatic N) is 1. The van der Waals surface area contributed by atoms with Crippen molar-refractivity contribution in [2.24, 2.45) is 0 Å². The number of benzene rings is 2. The number of anilines is 1. The lowest BCUT2D eigenvalue weighted by atomic mass is 10.1. The van der Waals surface area contributed by atoms with E-state index in [1.807, 2.05) is 30.3 Å². The molecular formula is C17H13FN2O. The molecule has 2 N–H and O–H groups in total. The third-order valence-electron chi connectivity index (χ3n) is 3.04. The zero-order valence-corrected chi connectivity index (χ0v) is 11.2. The zero-order chi connectivity index (χ0) is 14.7. The van der Waals surface area contributed by atoms with Gasteiger partial charge in [-0.15, -0.1) is 0 Å². The summed E-state index contributed by atoms with van der Waals surface area (Å²) in [6.45, 7) is 0. The molecule has 0 fully saturated rings. The van der Waals surface area contributed by atoms with Crippen LogP contribution in [0.4, 0.5) is 10.1 Å². The maximum absolute atomic E-state index is 13.8. The number of nitrogen functional groups attached to an aromatic ring is 1. The Hall–Kier alpha value is -2.88. The second-order valence-electron chi connectivity index (χ2n) is 4.53. The highest BCUT2D eigenvalue weighted by atomic mass is 19.1. The molecule has 21 heavy (non-hydrogen) atoms. The Bertz CT molecular complexity index is 760. The number of rotatable bonds is 3. The van der Waals surface area contributed by atoms with Crippen molar-refractivity contribution in [2.75, 3.05) is 5.73 Å². The van der Waals surface area contributed by atoms with Crippen LogP contribution in [-0.4, -0.2) is 4.98 Å². The van der Waals surface area contributed by atoms with Gasteiger partial charge in [0.25, 0.3) is 0 Å². The van der Waals surface area contributed by atoms with Crippen molar-refractivity contribution in [1.29, 1.82) is 0 Å². The molecule has 1 heterocycles. The largest absolute Gasteiger partial charge is 0.454 e. The van der Waals surface area contributed by atoms with E-state index >= 15 is 0 Å². The third kappa shape index (κ3) is 2.84. The molecule has 0 amide bonds. The minimum Gasteiger partial charge on any atom is -0.454 e. The molecule has 3 rings (SSSR count). The highest BCUT2D eigenvalue weighted by molar-refractivity contribution is 5.69. The van der Waals surface area contributed by atoms with Gasteiger partial charge in [-0.25, -0.2) is 4.39 Å². The maximum Gasteiger partial charge on any atom is 0.167 e. The zero-order valence-electron chi connectivity index (χ0n) is 11.2. The standard InChI is InChI=1S/C17H13FN2O/c18-15-10-13(19)6-7-17(15)21-16-8-9-20-11-14(16)12-4-2-1-3-5-12/h1-11H,19H2. The molecule has 2 aromatic carbocycles. The van der Waals surface area contributed by atoms with Crippen LogP contribution in [-0.2, 0) is 0 Å². The molecular weight excluding hydrogens is 267 g/mol. The van der Waals surface area contributed by atoms with E-state index in [1.165, 1.54) is 12.1 Å². The average Bonchev–Trinajstić information content (AvgIpc) is 2.51. The number of aromatic nitrogens is 1. The first-order valence-corrected chi connectivity index (χ1v) is 6.46. The van der Waals surface area contributed by atoms with Gasteiger partial charge >= 0.3 is 0 Å². The third-order valence-corrected chi connectivity index (χ3v) is 3.04. The molecule has 0 aliphatic heterocycles. The molecule has 0 aliphatic rings. The van der Waals surface area contributed by atoms with Gasteiger partial charge in [-0.1, -0.05) is 30.3 Å². The number of nitrogens with two attached hydrogens (primary N) is 1. The normalized spacial score (nSPS) is 10.3. The first-order chi connectivity index (χ1) is 10.2. The summed E-state index contributed by atoms with van der Waals surface area (Å²) in [4.78, 5) is 4.11. The van der Waals surface area contributed by atoms with E-state index < -0.39 is 5.82 Å². The second kappa shape index (κ2) is 5.63. The Morgan fingerprint density at radius 3 is 2.52 bits per heavy atom. The molecule has 0 atom stereocenters. The Balaban J connectivity index is 2.00. The van der Waals surface area contributed by atoms with Crippen molar-refractivity contribution in [3.05, 3.63) is 72.8 Å². The van der Waals surface area contributed by atoms with Crippen molar-refractivity contribution in [3.8, 4) is 22.6 Å². The number of pyridine rings is 1. The smallest absolute Gasteiger partial charge is 0.167 e. The van der Waals surface area contributed by atoms with Gasteiger partial charge in [-0.3, -0.25) is 4.98 Å². The molecule has 0 spiro atoms. The number of hydrogen-bond donors (Lipinski definition) is 1. The van der Waals surface area contributed by atoms with Crippen LogP contribution in [0.15, 0.2) is 67.0 Å². The highest BCUT2D eigenvalue weighted by Crippen LogP contribution is 2.33. The number of ether oxygens (including phenoxy) is 1. The van der Waals surface area contributed by atoms with Crippen LogP contribution in [0.25, 0.3) is 11.1 Å². The Labute approximate surface area is 121 Å². The van der Waals surface area contributed by atoms with Gasteiger partial charge < -0.3 is 10.5 Å². The van der Waals surface area contributed by atoms with Gasteiger partial charge in [0, 0.05) is 29.7 Å². The first-order valence-electron chi connectivity index (χ1n) is 6.46. The van der Waals surface area contributed by atoms with Crippen LogP contribution in [0, 0.1) is 5.82 Å². The van der Waals surface area contributed by atoms with E-state index in [-0.39, 0.29) is 5.75 Å². The Kier molecular flexibility index (Phi) is 3.51. The quantitative estimate of drug-likeness (QED) is 0.729. The molecule has 0 aliphatic carbocycles. The predicted octanol–water partition coefficient (Wildman–Crippen LogP) is 4.26. The van der Waals surface area contributed by atoms with Crippen LogP contribution < -0.4 is 10.5 Å². The minimum absolute atomic E-state index is 0.132. The molecule has 0 unspecified atom stereocenters. The Morgan fingerprint density at radius 1 is 0.952 bits per heavy atom. The van der Waals surface area contributed by atoms with Gasteiger partial charge in [-0.05, 0) is 23.8 Å². The van der Waals surface area contributed by atoms with E-state index in [0.29, 0.717) is 11.4 Å². The fourth-order valence-corrected chi connectivity index (χ4v) is 2.02. The Morgan fingerprint density at radius 2 is 1.76 bits per heavy atom. The molecule has 0 saturated carbocycles. The molecule has 3 aromatic rings. The van der Waals surface area contributed by atoms with Crippen LogP contribution >= 0.6 is 0 Å². The summed E-state index contributed by atoms with van der Waals surface area (Å²) in [5.41, 5.74) is 7.65. The molecule has 1 aromatic heterocycles. The van der Waals surface area contributed by atoms with Gasteiger partial charge in [-0.2, -0.15) is 0 Å². The summed E-state index contributed by atoms with van der Waals surface area (Å²) in [5, 5.41) is 0. The van der Waals surface area contributed by atoms with Gasteiger partial charge in [0.1, 0.15) is 5.75 Å². The predicted molar refractivity (Wildman–Crippen MR) is 80.6 cm³/mol. The summed E-state index contributed by atoms with van der Waals surface area (Å²) in [6.07, 6.45) is 3.30. The van der Waals surface area contributed by atoms with Crippen molar-refractivity contribution in [3.63, 3.8) is 0 Å². The fraction of sp³-hybridized carbons (Fsp3) is 0. The average molecular weight is 280 g/mol. The molecule has 3 nitrogen and oxygen atoms in total.